The average Bonchev–Trinajstić information content (AvgIpc) is 2.98. The van der Waals surface area contributed by atoms with Gasteiger partial charge in [-0.05, 0) is 37.3 Å². The fourth-order valence-corrected chi connectivity index (χ4v) is 6.39. The van der Waals surface area contributed by atoms with Gasteiger partial charge in [-0.15, -0.1) is 0 Å². The number of amides is 1. The third-order valence-electron chi connectivity index (χ3n) is 6.19. The Morgan fingerprint density at radius 3 is 2.04 bits per heavy atom. The van der Waals surface area contributed by atoms with Gasteiger partial charge in [0.05, 0.1) is 0 Å². The Hall–Kier alpha value is -0.960. The van der Waals surface area contributed by atoms with Crippen LogP contribution in [0.5, 0.6) is 0 Å². The molecule has 0 N–H and O–H groups in total. The van der Waals surface area contributed by atoms with Crippen LogP contribution in [0, 0.1) is 0 Å². The van der Waals surface area contributed by atoms with Crippen molar-refractivity contribution in [2.75, 3.05) is 0 Å². The third-order valence-corrected chi connectivity index (χ3v) is 7.70. The van der Waals surface area contributed by atoms with Crippen molar-refractivity contribution in [2.45, 2.75) is 114 Å². The summed E-state index contributed by atoms with van der Waals surface area (Å²) in [6.07, 6.45) is 14.3. The molecule has 0 saturated heterocycles. The molecule has 0 spiro atoms. The smallest absolute Gasteiger partial charge is 0.254 e. The van der Waals surface area contributed by atoms with Crippen LogP contribution < -0.4 is 0 Å². The molecule has 2 atom stereocenters. The van der Waals surface area contributed by atoms with E-state index in [-0.39, 0.29) is 5.91 Å². The number of hydrogen-bond acceptors (Lipinski definition) is 2. The van der Waals surface area contributed by atoms with E-state index in [1.54, 1.807) is 0 Å². The van der Waals surface area contributed by atoms with E-state index in [2.05, 4.69) is 49.6 Å². The molecular weight excluding hydrogens is 362 g/mol. The predicted octanol–water partition coefficient (Wildman–Crippen LogP) is 7.22. The molecule has 2 unspecified atom stereocenters. The summed E-state index contributed by atoms with van der Waals surface area (Å²) in [6.45, 7) is 7.89. The Kier molecular flexibility index (Phi) is 7.91. The summed E-state index contributed by atoms with van der Waals surface area (Å²) >= 11 is 2.19. The van der Waals surface area contributed by atoms with E-state index in [0.29, 0.717) is 10.8 Å². The molecule has 0 bridgehead atoms. The maximum absolute atomic E-state index is 12.9. The minimum Gasteiger partial charge on any atom is -0.331 e. The van der Waals surface area contributed by atoms with Crippen molar-refractivity contribution in [2.24, 2.45) is 0 Å². The Labute approximate surface area is 176 Å². The summed E-state index contributed by atoms with van der Waals surface area (Å²) in [5.41, 5.74) is 2.16. The number of fused-ring (bicyclic) bond motifs is 1. The van der Waals surface area contributed by atoms with Crippen molar-refractivity contribution in [1.29, 1.82) is 0 Å². The standard InChI is InChI=1S/C25H39NOS/c1-25(2,3)28-22-16-9-5-4-7-14-21(15-8-6-10-17-22)26-19-20-13-11-12-18-23(20)24(26)27/h11-13,18,21-22H,4-10,14-17,19H2,1-3H3. The Morgan fingerprint density at radius 2 is 1.43 bits per heavy atom. The summed E-state index contributed by atoms with van der Waals surface area (Å²) in [4.78, 5) is 15.1. The summed E-state index contributed by atoms with van der Waals surface area (Å²) in [7, 11) is 0. The van der Waals surface area contributed by atoms with Gasteiger partial charge in [-0.25, -0.2) is 0 Å². The minimum atomic E-state index is 0.270. The number of hydrogen-bond donors (Lipinski definition) is 0. The highest BCUT2D eigenvalue weighted by atomic mass is 32.2. The minimum absolute atomic E-state index is 0.270. The number of rotatable bonds is 2. The maximum atomic E-state index is 12.9. The molecule has 1 fully saturated rings. The van der Waals surface area contributed by atoms with Crippen molar-refractivity contribution in [3.63, 3.8) is 0 Å². The van der Waals surface area contributed by atoms with Gasteiger partial charge in [0.25, 0.3) is 5.91 Å². The second kappa shape index (κ2) is 10.2. The van der Waals surface area contributed by atoms with Gasteiger partial charge >= 0.3 is 0 Å². The van der Waals surface area contributed by atoms with E-state index in [1.165, 1.54) is 76.2 Å². The first-order valence-corrected chi connectivity index (χ1v) is 12.4. The highest BCUT2D eigenvalue weighted by Gasteiger charge is 2.31. The maximum Gasteiger partial charge on any atom is 0.254 e. The first-order chi connectivity index (χ1) is 13.4. The topological polar surface area (TPSA) is 20.3 Å². The van der Waals surface area contributed by atoms with Gasteiger partial charge < -0.3 is 4.90 Å². The van der Waals surface area contributed by atoms with Crippen molar-refractivity contribution < 1.29 is 4.79 Å². The molecule has 3 rings (SSSR count). The highest BCUT2D eigenvalue weighted by molar-refractivity contribution is 8.01. The number of carbonyl (C=O) groups excluding carboxylic acids is 1. The van der Waals surface area contributed by atoms with E-state index in [1.807, 2.05) is 12.1 Å². The lowest BCUT2D eigenvalue weighted by Gasteiger charge is -2.28. The fraction of sp³-hybridized carbons (Fsp3) is 0.720. The molecule has 2 nitrogen and oxygen atoms in total. The number of carbonyl (C=O) groups is 1. The van der Waals surface area contributed by atoms with Crippen LogP contribution in [0.3, 0.4) is 0 Å². The third kappa shape index (κ3) is 6.27. The Morgan fingerprint density at radius 1 is 0.857 bits per heavy atom. The SMILES string of the molecule is CC(C)(C)SC1CCCCCCC(N2Cc3ccccc3C2=O)CCCCC1. The van der Waals surface area contributed by atoms with Crippen LogP contribution in [0.15, 0.2) is 24.3 Å². The monoisotopic (exact) mass is 401 g/mol. The quantitative estimate of drug-likeness (QED) is 0.521. The van der Waals surface area contributed by atoms with Crippen LogP contribution in [0.1, 0.15) is 107 Å². The van der Waals surface area contributed by atoms with E-state index >= 15 is 0 Å². The van der Waals surface area contributed by atoms with E-state index in [4.69, 9.17) is 0 Å². The molecule has 1 aliphatic heterocycles. The summed E-state index contributed by atoms with van der Waals surface area (Å²) in [6, 6.07) is 8.62. The van der Waals surface area contributed by atoms with Gasteiger partial charge in [-0.2, -0.15) is 11.8 Å². The first kappa shape index (κ1) is 21.7. The van der Waals surface area contributed by atoms with Crippen LogP contribution in [0.25, 0.3) is 0 Å². The lowest BCUT2D eigenvalue weighted by molar-refractivity contribution is 0.0677. The zero-order valence-electron chi connectivity index (χ0n) is 18.2. The summed E-state index contributed by atoms with van der Waals surface area (Å²) in [5, 5.41) is 0.825. The molecule has 28 heavy (non-hydrogen) atoms. The largest absolute Gasteiger partial charge is 0.331 e. The van der Waals surface area contributed by atoms with Crippen LogP contribution in [-0.2, 0) is 6.54 Å². The molecular formula is C25H39NOS. The molecule has 1 aliphatic carbocycles. The van der Waals surface area contributed by atoms with E-state index in [0.717, 1.165) is 17.4 Å². The molecule has 1 heterocycles. The highest BCUT2D eigenvalue weighted by Crippen LogP contribution is 2.35. The van der Waals surface area contributed by atoms with Crippen LogP contribution in [0.2, 0.25) is 0 Å². The molecule has 1 saturated carbocycles. The Bertz CT molecular complexity index is 636. The van der Waals surface area contributed by atoms with Gasteiger partial charge in [0.15, 0.2) is 0 Å². The molecule has 0 radical (unpaired) electrons. The molecule has 1 amide bonds. The second-order valence-electron chi connectivity index (χ2n) is 9.73. The molecule has 156 valence electrons. The van der Waals surface area contributed by atoms with E-state index < -0.39 is 0 Å². The van der Waals surface area contributed by atoms with Crippen LogP contribution >= 0.6 is 11.8 Å². The average molecular weight is 402 g/mol. The normalized spacial score (nSPS) is 25.5. The number of thioether (sulfide) groups is 1. The summed E-state index contributed by atoms with van der Waals surface area (Å²) < 4.78 is 0.370. The predicted molar refractivity (Wildman–Crippen MR) is 122 cm³/mol. The first-order valence-electron chi connectivity index (χ1n) is 11.5. The van der Waals surface area contributed by atoms with Crippen LogP contribution in [-0.4, -0.2) is 26.8 Å². The van der Waals surface area contributed by atoms with Crippen LogP contribution in [0.4, 0.5) is 0 Å². The van der Waals surface area contributed by atoms with Gasteiger partial charge in [-0.1, -0.05) is 83.9 Å². The zero-order valence-corrected chi connectivity index (χ0v) is 19.0. The molecule has 3 heteroatoms. The fourth-order valence-electron chi connectivity index (χ4n) is 4.82. The van der Waals surface area contributed by atoms with Gasteiger partial charge in [0.1, 0.15) is 0 Å². The van der Waals surface area contributed by atoms with Crippen molar-refractivity contribution >= 4 is 17.7 Å². The van der Waals surface area contributed by atoms with Gasteiger partial charge in [-0.3, -0.25) is 4.79 Å². The summed E-state index contributed by atoms with van der Waals surface area (Å²) in [5.74, 6) is 0.270. The Balaban J connectivity index is 1.56. The second-order valence-corrected chi connectivity index (χ2v) is 11.9. The van der Waals surface area contributed by atoms with Crippen molar-refractivity contribution in [1.82, 2.24) is 4.90 Å². The van der Waals surface area contributed by atoms with Gasteiger partial charge in [0.2, 0.25) is 0 Å². The molecule has 0 aromatic heterocycles. The lowest BCUT2D eigenvalue weighted by atomic mass is 10.00. The van der Waals surface area contributed by atoms with E-state index in [9.17, 15) is 4.79 Å². The zero-order chi connectivity index (χ0) is 20.0. The lowest BCUT2D eigenvalue weighted by Crippen LogP contribution is -2.35. The number of benzene rings is 1. The molecule has 2 aliphatic rings. The number of nitrogens with zero attached hydrogens (tertiary/aromatic N) is 1. The van der Waals surface area contributed by atoms with Crippen molar-refractivity contribution in [3.8, 4) is 0 Å². The van der Waals surface area contributed by atoms with Crippen molar-refractivity contribution in [3.05, 3.63) is 35.4 Å². The molecule has 1 aromatic rings. The van der Waals surface area contributed by atoms with Gasteiger partial charge in [0, 0.05) is 28.1 Å². The molecule has 1 aromatic carbocycles.